The van der Waals surface area contributed by atoms with E-state index in [1.807, 2.05) is 20.8 Å². The van der Waals surface area contributed by atoms with Crippen molar-refractivity contribution in [1.29, 1.82) is 0 Å². The molecule has 1 aromatic rings. The third kappa shape index (κ3) is 3.14. The maximum Gasteiger partial charge on any atom is 0.340 e. The molecule has 1 aromatic heterocycles. The highest BCUT2D eigenvalue weighted by Crippen LogP contribution is 2.36. The Morgan fingerprint density at radius 3 is 2.68 bits per heavy atom. The lowest BCUT2D eigenvalue weighted by atomic mass is 9.74. The number of hydrogen-bond acceptors (Lipinski definition) is 5. The number of carbonyl (C=O) groups excluding carboxylic acids is 3. The summed E-state index contributed by atoms with van der Waals surface area (Å²) in [5, 5.41) is 7.54. The minimum Gasteiger partial charge on any atom is -0.465 e. The quantitative estimate of drug-likeness (QED) is 0.657. The Morgan fingerprint density at radius 2 is 2.09 bits per heavy atom. The van der Waals surface area contributed by atoms with Crippen LogP contribution in [0.1, 0.15) is 31.1 Å². The maximum absolute atomic E-state index is 12.5. The number of methoxy groups -OCH3 is 1. The molecule has 2 atom stereocenters. The summed E-state index contributed by atoms with van der Waals surface area (Å²) in [6, 6.07) is 1.59. The van der Waals surface area contributed by atoms with Crippen molar-refractivity contribution in [1.82, 2.24) is 5.32 Å². The predicted octanol–water partition coefficient (Wildman–Crippen LogP) is 1.88. The highest BCUT2D eigenvalue weighted by Gasteiger charge is 2.45. The van der Waals surface area contributed by atoms with Gasteiger partial charge in [0, 0.05) is 12.5 Å². The molecule has 22 heavy (non-hydrogen) atoms. The molecule has 0 saturated carbocycles. The SMILES string of the molecule is COC(=O)c1ccsc1NC(=O)C1C(=O)NCC1C(C)(C)C. The van der Waals surface area contributed by atoms with Crippen molar-refractivity contribution >= 4 is 34.1 Å². The topological polar surface area (TPSA) is 84.5 Å². The third-order valence-electron chi connectivity index (χ3n) is 3.88. The normalized spacial score (nSPS) is 21.4. The molecule has 6 nitrogen and oxygen atoms in total. The monoisotopic (exact) mass is 324 g/mol. The summed E-state index contributed by atoms with van der Waals surface area (Å²) in [4.78, 5) is 36.2. The summed E-state index contributed by atoms with van der Waals surface area (Å²) in [5.41, 5.74) is 0.119. The van der Waals surface area contributed by atoms with Crippen LogP contribution in [0, 0.1) is 17.3 Å². The fraction of sp³-hybridized carbons (Fsp3) is 0.533. The maximum atomic E-state index is 12.5. The molecule has 2 heterocycles. The van der Waals surface area contributed by atoms with Gasteiger partial charge in [-0.3, -0.25) is 9.59 Å². The second-order valence-corrected chi connectivity index (χ2v) is 7.26. The van der Waals surface area contributed by atoms with Gasteiger partial charge >= 0.3 is 5.97 Å². The number of amides is 2. The van der Waals surface area contributed by atoms with Crippen molar-refractivity contribution in [2.24, 2.45) is 17.3 Å². The zero-order chi connectivity index (χ0) is 16.5. The summed E-state index contributed by atoms with van der Waals surface area (Å²) in [5.74, 6) is -2.02. The van der Waals surface area contributed by atoms with Crippen LogP contribution in [0.4, 0.5) is 5.00 Å². The Bertz CT molecular complexity index is 603. The van der Waals surface area contributed by atoms with Gasteiger partial charge in [0.1, 0.15) is 10.9 Å². The molecule has 0 bridgehead atoms. The Morgan fingerprint density at radius 1 is 1.41 bits per heavy atom. The van der Waals surface area contributed by atoms with Gasteiger partial charge in [-0.1, -0.05) is 20.8 Å². The van der Waals surface area contributed by atoms with E-state index in [1.165, 1.54) is 18.4 Å². The molecule has 1 aliphatic heterocycles. The van der Waals surface area contributed by atoms with Crippen LogP contribution < -0.4 is 10.6 Å². The molecular formula is C15H20N2O4S. The van der Waals surface area contributed by atoms with Crippen molar-refractivity contribution in [2.75, 3.05) is 19.0 Å². The average molecular weight is 324 g/mol. The summed E-state index contributed by atoms with van der Waals surface area (Å²) < 4.78 is 4.68. The average Bonchev–Trinajstić information content (AvgIpc) is 3.03. The first-order valence-corrected chi connectivity index (χ1v) is 7.88. The van der Waals surface area contributed by atoms with Crippen LogP contribution in [0.15, 0.2) is 11.4 Å². The molecule has 0 spiro atoms. The van der Waals surface area contributed by atoms with E-state index in [-0.39, 0.29) is 23.1 Å². The van der Waals surface area contributed by atoms with Crippen LogP contribution in [-0.4, -0.2) is 31.4 Å². The van der Waals surface area contributed by atoms with Crippen molar-refractivity contribution < 1.29 is 19.1 Å². The van der Waals surface area contributed by atoms with Gasteiger partial charge in [0.15, 0.2) is 0 Å². The van der Waals surface area contributed by atoms with E-state index in [0.717, 1.165) is 0 Å². The second kappa shape index (κ2) is 6.08. The van der Waals surface area contributed by atoms with E-state index in [1.54, 1.807) is 11.4 Å². The minimum absolute atomic E-state index is 0.0958. The van der Waals surface area contributed by atoms with Crippen LogP contribution in [-0.2, 0) is 14.3 Å². The molecule has 7 heteroatoms. The van der Waals surface area contributed by atoms with Crippen LogP contribution >= 0.6 is 11.3 Å². The van der Waals surface area contributed by atoms with Crippen molar-refractivity contribution in [3.63, 3.8) is 0 Å². The largest absolute Gasteiger partial charge is 0.465 e. The molecule has 1 fully saturated rings. The number of anilines is 1. The van der Waals surface area contributed by atoms with E-state index in [2.05, 4.69) is 15.4 Å². The van der Waals surface area contributed by atoms with Crippen molar-refractivity contribution in [3.05, 3.63) is 17.0 Å². The van der Waals surface area contributed by atoms with Gasteiger partial charge in [-0.05, 0) is 16.9 Å². The second-order valence-electron chi connectivity index (χ2n) is 6.34. The number of ether oxygens (including phenoxy) is 1. The number of thiophene rings is 1. The standard InChI is InChI=1S/C15H20N2O4S/c1-15(2,3)9-7-16-11(18)10(9)12(19)17-13-8(5-6-22-13)14(20)21-4/h5-6,9-10H,7H2,1-4H3,(H,16,18)(H,17,19). The molecule has 120 valence electrons. The zero-order valence-corrected chi connectivity index (χ0v) is 13.9. The van der Waals surface area contributed by atoms with E-state index >= 15 is 0 Å². The summed E-state index contributed by atoms with van der Waals surface area (Å²) in [7, 11) is 1.28. The smallest absolute Gasteiger partial charge is 0.340 e. The molecule has 2 rings (SSSR count). The predicted molar refractivity (Wildman–Crippen MR) is 83.7 cm³/mol. The summed E-state index contributed by atoms with van der Waals surface area (Å²) >= 11 is 1.23. The van der Waals surface area contributed by atoms with E-state index < -0.39 is 11.9 Å². The fourth-order valence-corrected chi connectivity index (χ4v) is 3.37. The number of carbonyl (C=O) groups is 3. The minimum atomic E-state index is -0.757. The highest BCUT2D eigenvalue weighted by atomic mass is 32.1. The summed E-state index contributed by atoms with van der Waals surface area (Å²) in [6.07, 6.45) is 0. The lowest BCUT2D eigenvalue weighted by Crippen LogP contribution is -2.37. The van der Waals surface area contributed by atoms with Gasteiger partial charge in [0.2, 0.25) is 11.8 Å². The van der Waals surface area contributed by atoms with Gasteiger partial charge in [-0.2, -0.15) is 0 Å². The van der Waals surface area contributed by atoms with Gasteiger partial charge in [-0.15, -0.1) is 11.3 Å². The Balaban J connectivity index is 2.20. The first kappa shape index (κ1) is 16.5. The molecule has 2 N–H and O–H groups in total. The molecular weight excluding hydrogens is 304 g/mol. The number of esters is 1. The zero-order valence-electron chi connectivity index (χ0n) is 13.1. The Hall–Kier alpha value is -1.89. The molecule has 1 saturated heterocycles. The van der Waals surface area contributed by atoms with Crippen LogP contribution in [0.3, 0.4) is 0 Å². The Labute approximate surface area is 133 Å². The van der Waals surface area contributed by atoms with E-state index in [0.29, 0.717) is 17.1 Å². The van der Waals surface area contributed by atoms with Gasteiger partial charge < -0.3 is 15.4 Å². The fourth-order valence-electron chi connectivity index (χ4n) is 2.60. The van der Waals surface area contributed by atoms with E-state index in [9.17, 15) is 14.4 Å². The van der Waals surface area contributed by atoms with Crippen LogP contribution in [0.5, 0.6) is 0 Å². The number of rotatable bonds is 3. The molecule has 0 radical (unpaired) electrons. The van der Waals surface area contributed by atoms with Crippen molar-refractivity contribution in [3.8, 4) is 0 Å². The highest BCUT2D eigenvalue weighted by molar-refractivity contribution is 7.14. The first-order valence-electron chi connectivity index (χ1n) is 7.00. The van der Waals surface area contributed by atoms with E-state index in [4.69, 9.17) is 0 Å². The first-order chi connectivity index (χ1) is 10.3. The molecule has 0 aromatic carbocycles. The molecule has 2 amide bonds. The van der Waals surface area contributed by atoms with Gasteiger partial charge in [0.05, 0.1) is 12.7 Å². The van der Waals surface area contributed by atoms with Gasteiger partial charge in [-0.25, -0.2) is 4.79 Å². The lowest BCUT2D eigenvalue weighted by molar-refractivity contribution is -0.132. The van der Waals surface area contributed by atoms with Gasteiger partial charge in [0.25, 0.3) is 0 Å². The van der Waals surface area contributed by atoms with Crippen LogP contribution in [0.2, 0.25) is 0 Å². The van der Waals surface area contributed by atoms with Crippen LogP contribution in [0.25, 0.3) is 0 Å². The Kier molecular flexibility index (Phi) is 4.55. The number of hydrogen-bond donors (Lipinski definition) is 2. The molecule has 2 unspecified atom stereocenters. The number of nitrogens with one attached hydrogen (secondary N) is 2. The summed E-state index contributed by atoms with van der Waals surface area (Å²) in [6.45, 7) is 6.49. The van der Waals surface area contributed by atoms with Crippen molar-refractivity contribution in [2.45, 2.75) is 20.8 Å². The third-order valence-corrected chi connectivity index (χ3v) is 4.71. The lowest BCUT2D eigenvalue weighted by Gasteiger charge is -2.29. The molecule has 0 aliphatic carbocycles. The molecule has 1 aliphatic rings.